The first-order chi connectivity index (χ1) is 11.9. The van der Waals surface area contributed by atoms with E-state index in [1.54, 1.807) is 24.3 Å². The molecule has 0 aromatic heterocycles. The van der Waals surface area contributed by atoms with E-state index in [4.69, 9.17) is 27.9 Å². The van der Waals surface area contributed by atoms with Crippen LogP contribution in [0.15, 0.2) is 46.9 Å². The Bertz CT molecular complexity index is 826. The zero-order chi connectivity index (χ0) is 18.4. The van der Waals surface area contributed by atoms with Crippen LogP contribution in [0, 0.1) is 0 Å². The maximum atomic E-state index is 12.0. The summed E-state index contributed by atoms with van der Waals surface area (Å²) in [6, 6.07) is 11.2. The number of amides is 1. The van der Waals surface area contributed by atoms with E-state index >= 15 is 0 Å². The number of esters is 1. The van der Waals surface area contributed by atoms with E-state index < -0.39 is 18.5 Å². The Morgan fingerprint density at radius 2 is 1.76 bits per heavy atom. The van der Waals surface area contributed by atoms with Crippen molar-refractivity contribution in [3.8, 4) is 0 Å². The summed E-state index contributed by atoms with van der Waals surface area (Å²) >= 11 is 14.9. The lowest BCUT2D eigenvalue weighted by Crippen LogP contribution is -2.31. The van der Waals surface area contributed by atoms with Gasteiger partial charge in [0.15, 0.2) is 6.61 Å². The van der Waals surface area contributed by atoms with Crippen molar-refractivity contribution in [1.82, 2.24) is 5.32 Å². The zero-order valence-corrected chi connectivity index (χ0v) is 15.8. The maximum Gasteiger partial charge on any atom is 0.325 e. The van der Waals surface area contributed by atoms with E-state index in [1.807, 2.05) is 0 Å². The van der Waals surface area contributed by atoms with E-state index in [1.165, 1.54) is 18.2 Å². The molecule has 1 amide bonds. The highest BCUT2D eigenvalue weighted by atomic mass is 79.9. The van der Waals surface area contributed by atoms with Gasteiger partial charge >= 0.3 is 5.97 Å². The number of rotatable bonds is 6. The van der Waals surface area contributed by atoms with E-state index in [-0.39, 0.29) is 22.9 Å². The summed E-state index contributed by atoms with van der Waals surface area (Å²) in [7, 11) is 0. The molecule has 0 aliphatic rings. The fourth-order valence-electron chi connectivity index (χ4n) is 1.85. The summed E-state index contributed by atoms with van der Waals surface area (Å²) in [5, 5.41) is 2.94. The summed E-state index contributed by atoms with van der Waals surface area (Å²) in [5.74, 6) is -1.59. The van der Waals surface area contributed by atoms with E-state index in [0.717, 1.165) is 0 Å². The van der Waals surface area contributed by atoms with Gasteiger partial charge in [-0.05, 0) is 24.3 Å². The number of hydrogen-bond acceptors (Lipinski definition) is 4. The molecule has 0 unspecified atom stereocenters. The van der Waals surface area contributed by atoms with Crippen molar-refractivity contribution in [1.29, 1.82) is 0 Å². The van der Waals surface area contributed by atoms with Crippen LogP contribution in [0.1, 0.15) is 20.7 Å². The van der Waals surface area contributed by atoms with E-state index in [9.17, 15) is 14.4 Å². The second-order valence-electron chi connectivity index (χ2n) is 4.88. The van der Waals surface area contributed by atoms with Gasteiger partial charge in [-0.1, -0.05) is 57.3 Å². The molecule has 0 bridgehead atoms. The second kappa shape index (κ2) is 8.99. The standard InChI is InChI=1S/C17H12BrCl2NO4/c18-12-4-2-1-3-11(12)15(22)9-25-16(23)8-21-17(24)10-5-6-13(19)14(20)7-10/h1-7H,8-9H2,(H,21,24). The molecule has 0 fully saturated rings. The Hall–Kier alpha value is -1.89. The Labute approximate surface area is 162 Å². The van der Waals surface area contributed by atoms with Crippen molar-refractivity contribution in [3.63, 3.8) is 0 Å². The first-order valence-corrected chi connectivity index (χ1v) is 8.60. The molecule has 2 aromatic carbocycles. The molecule has 0 saturated carbocycles. The molecule has 2 rings (SSSR count). The highest BCUT2D eigenvalue weighted by molar-refractivity contribution is 9.10. The fraction of sp³-hybridized carbons (Fsp3) is 0.118. The SMILES string of the molecule is O=C(CNC(=O)c1ccc(Cl)c(Cl)c1)OCC(=O)c1ccccc1Br. The molecule has 130 valence electrons. The topological polar surface area (TPSA) is 72.5 Å². The summed E-state index contributed by atoms with van der Waals surface area (Å²) in [6.45, 7) is -0.785. The second-order valence-corrected chi connectivity index (χ2v) is 6.54. The molecule has 0 atom stereocenters. The lowest BCUT2D eigenvalue weighted by molar-refractivity contribution is -0.141. The lowest BCUT2D eigenvalue weighted by Gasteiger charge is -2.07. The van der Waals surface area contributed by atoms with Gasteiger partial charge in [0, 0.05) is 15.6 Å². The number of ketones is 1. The van der Waals surface area contributed by atoms with E-state index in [2.05, 4.69) is 21.2 Å². The van der Waals surface area contributed by atoms with Crippen molar-refractivity contribution in [2.24, 2.45) is 0 Å². The van der Waals surface area contributed by atoms with Crippen LogP contribution in [-0.2, 0) is 9.53 Å². The zero-order valence-electron chi connectivity index (χ0n) is 12.7. The average Bonchev–Trinajstić information content (AvgIpc) is 2.60. The van der Waals surface area contributed by atoms with Gasteiger partial charge in [0.1, 0.15) is 6.54 Å². The Morgan fingerprint density at radius 3 is 2.44 bits per heavy atom. The summed E-state index contributed by atoms with van der Waals surface area (Å²) in [5.41, 5.74) is 0.668. The van der Waals surface area contributed by atoms with Crippen LogP contribution in [-0.4, -0.2) is 30.8 Å². The van der Waals surface area contributed by atoms with Crippen molar-refractivity contribution in [3.05, 3.63) is 68.1 Å². The number of carbonyl (C=O) groups is 3. The van der Waals surface area contributed by atoms with Crippen LogP contribution in [0.25, 0.3) is 0 Å². The van der Waals surface area contributed by atoms with Crippen LogP contribution in [0.2, 0.25) is 10.0 Å². The molecule has 2 aromatic rings. The van der Waals surface area contributed by atoms with Crippen molar-refractivity contribution >= 4 is 56.8 Å². The number of hydrogen-bond donors (Lipinski definition) is 1. The summed E-state index contributed by atoms with van der Waals surface area (Å²) < 4.78 is 5.49. The maximum absolute atomic E-state index is 12.0. The molecule has 0 saturated heterocycles. The molecule has 8 heteroatoms. The number of benzene rings is 2. The molecule has 0 spiro atoms. The minimum atomic E-state index is -0.728. The molecule has 5 nitrogen and oxygen atoms in total. The molecule has 25 heavy (non-hydrogen) atoms. The van der Waals surface area contributed by atoms with Gasteiger partial charge in [0.2, 0.25) is 5.78 Å². The highest BCUT2D eigenvalue weighted by Crippen LogP contribution is 2.22. The minimum Gasteiger partial charge on any atom is -0.456 e. The predicted molar refractivity (Wildman–Crippen MR) is 98.2 cm³/mol. The highest BCUT2D eigenvalue weighted by Gasteiger charge is 2.14. The van der Waals surface area contributed by atoms with Crippen molar-refractivity contribution in [2.75, 3.05) is 13.2 Å². The third-order valence-corrected chi connectivity index (χ3v) is 4.54. The van der Waals surface area contributed by atoms with Crippen LogP contribution in [0.3, 0.4) is 0 Å². The lowest BCUT2D eigenvalue weighted by atomic mass is 10.1. The predicted octanol–water partition coefficient (Wildman–Crippen LogP) is 3.91. The normalized spacial score (nSPS) is 10.2. The number of nitrogens with one attached hydrogen (secondary N) is 1. The van der Waals surface area contributed by atoms with Gasteiger partial charge in [0.25, 0.3) is 5.91 Å². The summed E-state index contributed by atoms with van der Waals surface area (Å²) in [6.07, 6.45) is 0. The molecule has 0 aliphatic heterocycles. The van der Waals surface area contributed by atoms with E-state index in [0.29, 0.717) is 15.1 Å². The van der Waals surface area contributed by atoms with Crippen LogP contribution in [0.5, 0.6) is 0 Å². The molecular formula is C17H12BrCl2NO4. The molecule has 0 heterocycles. The molecule has 0 aliphatic carbocycles. The monoisotopic (exact) mass is 443 g/mol. The van der Waals surface area contributed by atoms with Crippen molar-refractivity contribution < 1.29 is 19.1 Å². The van der Waals surface area contributed by atoms with Gasteiger partial charge in [-0.3, -0.25) is 14.4 Å². The Kier molecular flexibility index (Phi) is 6.99. The van der Waals surface area contributed by atoms with Crippen LogP contribution < -0.4 is 5.32 Å². The third-order valence-electron chi connectivity index (χ3n) is 3.11. The molecule has 1 N–H and O–H groups in total. The van der Waals surface area contributed by atoms with Crippen LogP contribution in [0.4, 0.5) is 0 Å². The smallest absolute Gasteiger partial charge is 0.325 e. The number of ether oxygens (including phenoxy) is 1. The Balaban J connectivity index is 1.82. The first-order valence-electron chi connectivity index (χ1n) is 7.05. The number of halogens is 3. The quantitative estimate of drug-likeness (QED) is 0.541. The van der Waals surface area contributed by atoms with Gasteiger partial charge in [-0.25, -0.2) is 0 Å². The minimum absolute atomic E-state index is 0.232. The Morgan fingerprint density at radius 1 is 1.04 bits per heavy atom. The third kappa shape index (κ3) is 5.56. The van der Waals surface area contributed by atoms with Crippen LogP contribution >= 0.6 is 39.1 Å². The largest absolute Gasteiger partial charge is 0.456 e. The van der Waals surface area contributed by atoms with Crippen molar-refractivity contribution in [2.45, 2.75) is 0 Å². The van der Waals surface area contributed by atoms with Gasteiger partial charge < -0.3 is 10.1 Å². The first kappa shape index (κ1) is 19.4. The van der Waals surface area contributed by atoms with Gasteiger partial charge in [0.05, 0.1) is 10.0 Å². The average molecular weight is 445 g/mol. The molecule has 0 radical (unpaired) electrons. The number of carbonyl (C=O) groups excluding carboxylic acids is 3. The summed E-state index contributed by atoms with van der Waals surface area (Å²) in [4.78, 5) is 35.6. The van der Waals surface area contributed by atoms with Gasteiger partial charge in [-0.2, -0.15) is 0 Å². The number of Topliss-reactive ketones (excluding diaryl/α,β-unsaturated/α-hetero) is 1. The fourth-order valence-corrected chi connectivity index (χ4v) is 2.66. The molecular weight excluding hydrogens is 433 g/mol. The van der Waals surface area contributed by atoms with Gasteiger partial charge in [-0.15, -0.1) is 0 Å².